The number of pyridine rings is 1. The second kappa shape index (κ2) is 9.10. The monoisotopic (exact) mass is 426 g/mol. The van der Waals surface area contributed by atoms with E-state index in [-0.39, 0.29) is 0 Å². The van der Waals surface area contributed by atoms with E-state index < -0.39 is 0 Å². The third-order valence-corrected chi connectivity index (χ3v) is 6.63. The van der Waals surface area contributed by atoms with E-state index in [0.29, 0.717) is 11.3 Å². The number of halogens is 1. The molecule has 0 bridgehead atoms. The Kier molecular flexibility index (Phi) is 6.28. The van der Waals surface area contributed by atoms with Gasteiger partial charge in [0.25, 0.3) is 0 Å². The molecule has 156 valence electrons. The molecule has 2 nitrogen and oxygen atoms in total. The maximum Gasteiger partial charge on any atom is 0.113 e. The van der Waals surface area contributed by atoms with Crippen LogP contribution in [0.3, 0.4) is 0 Å². The van der Waals surface area contributed by atoms with Crippen molar-refractivity contribution in [2.45, 2.75) is 26.7 Å². The highest BCUT2D eigenvalue weighted by molar-refractivity contribution is 6.30. The highest BCUT2D eigenvalue weighted by Gasteiger charge is 2.44. The van der Waals surface area contributed by atoms with E-state index in [1.807, 2.05) is 42.6 Å². The third kappa shape index (κ3) is 5.07. The quantitative estimate of drug-likeness (QED) is 0.468. The molecule has 0 amide bonds. The van der Waals surface area contributed by atoms with Gasteiger partial charge < -0.3 is 5.73 Å². The summed E-state index contributed by atoms with van der Waals surface area (Å²) in [5.41, 5.74) is 12.7. The SMILES string of the molecule is CC(=C[C@H](C)C1(CN)CC1)c1ccc(C#Cc2ccc(-c3ccc(Cl)cc3)cn2)cc1. The minimum Gasteiger partial charge on any atom is -0.330 e. The summed E-state index contributed by atoms with van der Waals surface area (Å²) in [7, 11) is 0. The molecule has 0 aliphatic heterocycles. The van der Waals surface area contributed by atoms with Crippen LogP contribution in [-0.2, 0) is 0 Å². The van der Waals surface area contributed by atoms with Crippen molar-refractivity contribution in [3.05, 3.63) is 94.8 Å². The van der Waals surface area contributed by atoms with E-state index >= 15 is 0 Å². The van der Waals surface area contributed by atoms with Crippen LogP contribution < -0.4 is 5.73 Å². The zero-order valence-electron chi connectivity index (χ0n) is 18.0. The topological polar surface area (TPSA) is 38.9 Å². The van der Waals surface area contributed by atoms with Gasteiger partial charge in [-0.25, -0.2) is 4.98 Å². The van der Waals surface area contributed by atoms with E-state index in [9.17, 15) is 0 Å². The summed E-state index contributed by atoms with van der Waals surface area (Å²) in [5.74, 6) is 6.88. The zero-order valence-corrected chi connectivity index (χ0v) is 18.8. The summed E-state index contributed by atoms with van der Waals surface area (Å²) in [4.78, 5) is 4.48. The van der Waals surface area contributed by atoms with Gasteiger partial charge in [0.15, 0.2) is 0 Å². The van der Waals surface area contributed by atoms with Gasteiger partial charge >= 0.3 is 0 Å². The largest absolute Gasteiger partial charge is 0.330 e. The zero-order chi connectivity index (χ0) is 21.8. The number of nitrogens with two attached hydrogens (primary N) is 1. The molecule has 2 N–H and O–H groups in total. The van der Waals surface area contributed by atoms with Gasteiger partial charge in [-0.2, -0.15) is 0 Å². The highest BCUT2D eigenvalue weighted by Crippen LogP contribution is 2.52. The van der Waals surface area contributed by atoms with Crippen molar-refractivity contribution in [1.82, 2.24) is 4.98 Å². The van der Waals surface area contributed by atoms with Gasteiger partial charge in [-0.05, 0) is 90.6 Å². The van der Waals surface area contributed by atoms with Crippen molar-refractivity contribution >= 4 is 17.2 Å². The lowest BCUT2D eigenvalue weighted by Crippen LogP contribution is -2.21. The Balaban J connectivity index is 1.43. The number of aromatic nitrogens is 1. The maximum absolute atomic E-state index is 5.97. The average molecular weight is 427 g/mol. The van der Waals surface area contributed by atoms with Crippen LogP contribution in [0, 0.1) is 23.2 Å². The fraction of sp³-hybridized carbons (Fsp3) is 0.250. The molecular formula is C28H27ClN2. The van der Waals surface area contributed by atoms with Crippen molar-refractivity contribution in [3.63, 3.8) is 0 Å². The molecule has 31 heavy (non-hydrogen) atoms. The van der Waals surface area contributed by atoms with Crippen molar-refractivity contribution < 1.29 is 0 Å². The predicted octanol–water partition coefficient (Wildman–Crippen LogP) is 6.58. The average Bonchev–Trinajstić information content (AvgIpc) is 3.60. The molecule has 1 aliphatic carbocycles. The standard InChI is InChI=1S/C28H27ClN2/c1-20(17-21(2)28(19-30)15-16-28)23-6-3-22(4-7-23)5-13-27-14-10-25(18-31-27)24-8-11-26(29)12-9-24/h3-4,6-12,14,17-18,21H,15-16,19,30H2,1-2H3/t21-/m0/s1. The Labute approximate surface area is 190 Å². The fourth-order valence-corrected chi connectivity index (χ4v) is 4.01. The summed E-state index contributed by atoms with van der Waals surface area (Å²) in [5, 5.41) is 0.729. The van der Waals surface area contributed by atoms with Gasteiger partial charge in [0.05, 0.1) is 0 Å². The molecule has 1 fully saturated rings. The van der Waals surface area contributed by atoms with Crippen LogP contribution in [0.25, 0.3) is 16.7 Å². The molecule has 1 heterocycles. The van der Waals surface area contributed by atoms with Gasteiger partial charge in [-0.1, -0.05) is 60.9 Å². The van der Waals surface area contributed by atoms with Crippen LogP contribution in [0.1, 0.15) is 43.5 Å². The molecule has 3 heteroatoms. The van der Waals surface area contributed by atoms with E-state index in [4.69, 9.17) is 17.3 Å². The third-order valence-electron chi connectivity index (χ3n) is 6.38. The first-order chi connectivity index (χ1) is 15.0. The number of allylic oxidation sites excluding steroid dienone is 2. The Morgan fingerprint density at radius 1 is 1.03 bits per heavy atom. The molecule has 4 rings (SSSR count). The summed E-state index contributed by atoms with van der Waals surface area (Å²) in [6, 6.07) is 20.2. The first-order valence-corrected chi connectivity index (χ1v) is 11.1. The van der Waals surface area contributed by atoms with Crippen molar-refractivity contribution in [1.29, 1.82) is 0 Å². The van der Waals surface area contributed by atoms with Gasteiger partial charge in [0.2, 0.25) is 0 Å². The van der Waals surface area contributed by atoms with Crippen LogP contribution in [0.4, 0.5) is 0 Å². The molecular weight excluding hydrogens is 400 g/mol. The molecule has 1 aromatic heterocycles. The summed E-state index contributed by atoms with van der Waals surface area (Å²) in [6.07, 6.45) is 6.71. The summed E-state index contributed by atoms with van der Waals surface area (Å²) < 4.78 is 0. The van der Waals surface area contributed by atoms with E-state index in [2.05, 4.69) is 61.0 Å². The van der Waals surface area contributed by atoms with E-state index in [1.165, 1.54) is 24.0 Å². The molecule has 0 radical (unpaired) electrons. The molecule has 1 atom stereocenters. The summed E-state index contributed by atoms with van der Waals surface area (Å²) in [6.45, 7) is 5.24. The Hall–Kier alpha value is -2.86. The van der Waals surface area contributed by atoms with Crippen molar-refractivity contribution in [2.75, 3.05) is 6.54 Å². The molecule has 0 spiro atoms. The smallest absolute Gasteiger partial charge is 0.113 e. The molecule has 1 saturated carbocycles. The highest BCUT2D eigenvalue weighted by atomic mass is 35.5. The molecule has 0 unspecified atom stereocenters. The lowest BCUT2D eigenvalue weighted by Gasteiger charge is -2.19. The summed E-state index contributed by atoms with van der Waals surface area (Å²) >= 11 is 5.96. The van der Waals surface area contributed by atoms with Gasteiger partial charge in [0, 0.05) is 22.3 Å². The van der Waals surface area contributed by atoms with Crippen LogP contribution in [-0.4, -0.2) is 11.5 Å². The number of rotatable bonds is 5. The minimum absolute atomic E-state index is 0.336. The number of hydrogen-bond donors (Lipinski definition) is 1. The predicted molar refractivity (Wildman–Crippen MR) is 131 cm³/mol. The number of benzene rings is 2. The number of nitrogens with zero attached hydrogens (tertiary/aromatic N) is 1. The normalized spacial score (nSPS) is 15.7. The molecule has 3 aromatic rings. The van der Waals surface area contributed by atoms with E-state index in [0.717, 1.165) is 34.0 Å². The lowest BCUT2D eigenvalue weighted by molar-refractivity contribution is 0.408. The number of hydrogen-bond acceptors (Lipinski definition) is 2. The first kappa shape index (κ1) is 21.4. The van der Waals surface area contributed by atoms with Gasteiger partial charge in [-0.3, -0.25) is 0 Å². The lowest BCUT2D eigenvalue weighted by atomic mass is 9.88. The second-order valence-electron chi connectivity index (χ2n) is 8.47. The van der Waals surface area contributed by atoms with Crippen LogP contribution in [0.2, 0.25) is 5.02 Å². The van der Waals surface area contributed by atoms with Crippen LogP contribution in [0.15, 0.2) is 72.9 Å². The molecule has 0 saturated heterocycles. The Bertz CT molecular complexity index is 1130. The van der Waals surface area contributed by atoms with E-state index in [1.54, 1.807) is 0 Å². The Morgan fingerprint density at radius 2 is 1.71 bits per heavy atom. The van der Waals surface area contributed by atoms with Gasteiger partial charge in [-0.15, -0.1) is 0 Å². The van der Waals surface area contributed by atoms with Crippen LogP contribution in [0.5, 0.6) is 0 Å². The van der Waals surface area contributed by atoms with Gasteiger partial charge in [0.1, 0.15) is 5.69 Å². The fourth-order valence-electron chi connectivity index (χ4n) is 3.89. The Morgan fingerprint density at radius 3 is 2.29 bits per heavy atom. The minimum atomic E-state index is 0.336. The first-order valence-electron chi connectivity index (χ1n) is 10.7. The van der Waals surface area contributed by atoms with Crippen molar-refractivity contribution in [2.24, 2.45) is 17.1 Å². The molecule has 2 aromatic carbocycles. The van der Waals surface area contributed by atoms with Crippen LogP contribution >= 0.6 is 11.6 Å². The molecule has 1 aliphatic rings. The second-order valence-corrected chi connectivity index (χ2v) is 8.91. The van der Waals surface area contributed by atoms with Crippen molar-refractivity contribution in [3.8, 4) is 23.0 Å². The maximum atomic E-state index is 5.97.